The van der Waals surface area contributed by atoms with Crippen LogP contribution in [0, 0.1) is 5.82 Å². The van der Waals surface area contributed by atoms with E-state index in [4.69, 9.17) is 4.74 Å². The van der Waals surface area contributed by atoms with E-state index in [0.29, 0.717) is 10.3 Å². The monoisotopic (exact) mass is 478 g/mol. The molecule has 1 aliphatic heterocycles. The Labute approximate surface area is 187 Å². The Morgan fingerprint density at radius 2 is 1.65 bits per heavy atom. The Hall–Kier alpha value is -4.42. The maximum Gasteiger partial charge on any atom is 0.425 e. The van der Waals surface area contributed by atoms with Gasteiger partial charge in [-0.15, -0.1) is 0 Å². The number of halogens is 4. The Kier molecular flexibility index (Phi) is 5.26. The number of fused-ring (bicyclic) bond motifs is 1. The molecule has 0 fully saturated rings. The molecule has 0 aliphatic carbocycles. The zero-order chi connectivity index (χ0) is 24.8. The number of anilines is 1. The zero-order valence-electron chi connectivity index (χ0n) is 17.1. The first-order valence-electron chi connectivity index (χ1n) is 9.50. The van der Waals surface area contributed by atoms with Gasteiger partial charge in [0.05, 0.1) is 12.8 Å². The van der Waals surface area contributed by atoms with Crippen molar-refractivity contribution < 1.29 is 31.9 Å². The summed E-state index contributed by atoms with van der Waals surface area (Å²) in [6.45, 7) is 0. The topological polar surface area (TPSA) is 122 Å². The number of alkyl halides is 3. The SMILES string of the molecule is COc1ccc(-n2c3c(c(=O)[nH]c2=O)C(NC(=O)c2ccc(F)cc2)(C(F)(F)F)C(=O)N3)cc1. The van der Waals surface area contributed by atoms with E-state index < -0.39 is 57.5 Å². The highest BCUT2D eigenvalue weighted by atomic mass is 19.4. The van der Waals surface area contributed by atoms with Crippen molar-refractivity contribution in [1.82, 2.24) is 14.9 Å². The number of methoxy groups -OCH3 is 1. The van der Waals surface area contributed by atoms with Gasteiger partial charge in [-0.05, 0) is 48.5 Å². The van der Waals surface area contributed by atoms with Crippen molar-refractivity contribution in [2.24, 2.45) is 0 Å². The molecule has 3 N–H and O–H groups in total. The van der Waals surface area contributed by atoms with E-state index >= 15 is 0 Å². The van der Waals surface area contributed by atoms with E-state index in [1.807, 2.05) is 5.32 Å². The highest BCUT2D eigenvalue weighted by Crippen LogP contribution is 2.45. The van der Waals surface area contributed by atoms with Crippen molar-refractivity contribution >= 4 is 17.6 Å². The summed E-state index contributed by atoms with van der Waals surface area (Å²) in [5.41, 5.74) is -8.11. The van der Waals surface area contributed by atoms with Crippen molar-refractivity contribution in [1.29, 1.82) is 0 Å². The number of rotatable bonds is 4. The highest BCUT2D eigenvalue weighted by Gasteiger charge is 2.68. The van der Waals surface area contributed by atoms with Crippen LogP contribution in [0.2, 0.25) is 0 Å². The summed E-state index contributed by atoms with van der Waals surface area (Å²) < 4.78 is 62.0. The minimum Gasteiger partial charge on any atom is -0.497 e. The zero-order valence-corrected chi connectivity index (χ0v) is 17.1. The van der Waals surface area contributed by atoms with Crippen molar-refractivity contribution in [3.8, 4) is 11.4 Å². The van der Waals surface area contributed by atoms with Gasteiger partial charge in [0.25, 0.3) is 22.9 Å². The lowest BCUT2D eigenvalue weighted by Crippen LogP contribution is -2.62. The summed E-state index contributed by atoms with van der Waals surface area (Å²) in [5.74, 6) is -4.34. The number of aromatic amines is 1. The third-order valence-corrected chi connectivity index (χ3v) is 5.22. The predicted octanol–water partition coefficient (Wildman–Crippen LogP) is 1.81. The summed E-state index contributed by atoms with van der Waals surface area (Å²) in [7, 11) is 1.38. The van der Waals surface area contributed by atoms with E-state index in [-0.39, 0.29) is 5.69 Å². The molecular formula is C21H14F4N4O5. The number of amides is 2. The third-order valence-electron chi connectivity index (χ3n) is 5.22. The van der Waals surface area contributed by atoms with Gasteiger partial charge in [-0.1, -0.05) is 0 Å². The molecule has 1 aliphatic rings. The first kappa shape index (κ1) is 22.8. The molecule has 13 heteroatoms. The van der Waals surface area contributed by atoms with Crippen LogP contribution in [0.5, 0.6) is 5.75 Å². The van der Waals surface area contributed by atoms with Crippen LogP contribution < -0.4 is 26.6 Å². The van der Waals surface area contributed by atoms with Gasteiger partial charge in [-0.3, -0.25) is 19.4 Å². The van der Waals surface area contributed by atoms with Crippen molar-refractivity contribution in [3.05, 3.63) is 86.3 Å². The van der Waals surface area contributed by atoms with E-state index in [2.05, 4.69) is 0 Å². The predicted molar refractivity (Wildman–Crippen MR) is 109 cm³/mol. The molecule has 2 heterocycles. The van der Waals surface area contributed by atoms with Gasteiger partial charge < -0.3 is 15.4 Å². The van der Waals surface area contributed by atoms with Gasteiger partial charge in [-0.2, -0.15) is 13.2 Å². The molecule has 4 rings (SSSR count). The van der Waals surface area contributed by atoms with Crippen LogP contribution >= 0.6 is 0 Å². The Morgan fingerprint density at radius 1 is 1.03 bits per heavy atom. The van der Waals surface area contributed by atoms with Gasteiger partial charge in [0.15, 0.2) is 0 Å². The number of H-pyrrole nitrogens is 1. The number of ether oxygens (including phenoxy) is 1. The fraction of sp³-hybridized carbons (Fsp3) is 0.143. The first-order valence-corrected chi connectivity index (χ1v) is 9.50. The fourth-order valence-electron chi connectivity index (χ4n) is 3.60. The summed E-state index contributed by atoms with van der Waals surface area (Å²) in [6.07, 6.45) is -5.51. The molecule has 1 aromatic heterocycles. The van der Waals surface area contributed by atoms with Crippen LogP contribution in [-0.4, -0.2) is 34.7 Å². The van der Waals surface area contributed by atoms with Crippen LogP contribution in [0.4, 0.5) is 23.4 Å². The van der Waals surface area contributed by atoms with Crippen molar-refractivity contribution in [2.75, 3.05) is 12.4 Å². The maximum atomic E-state index is 14.4. The maximum absolute atomic E-state index is 14.4. The van der Waals surface area contributed by atoms with E-state index in [0.717, 1.165) is 24.3 Å². The number of benzene rings is 2. The normalized spacial score (nSPS) is 17.1. The van der Waals surface area contributed by atoms with Gasteiger partial charge in [0.2, 0.25) is 0 Å². The number of carbonyl (C=O) groups excluding carboxylic acids is 2. The summed E-state index contributed by atoms with van der Waals surface area (Å²) in [5, 5.41) is 3.49. The smallest absolute Gasteiger partial charge is 0.425 e. The largest absolute Gasteiger partial charge is 0.497 e. The molecule has 0 spiro atoms. The molecule has 0 saturated heterocycles. The second kappa shape index (κ2) is 7.86. The van der Waals surface area contributed by atoms with Gasteiger partial charge >= 0.3 is 11.9 Å². The summed E-state index contributed by atoms with van der Waals surface area (Å²) in [4.78, 5) is 52.3. The van der Waals surface area contributed by atoms with Gasteiger partial charge in [0, 0.05) is 5.56 Å². The van der Waals surface area contributed by atoms with E-state index in [1.165, 1.54) is 31.4 Å². The molecular weight excluding hydrogens is 464 g/mol. The van der Waals surface area contributed by atoms with E-state index in [9.17, 15) is 36.7 Å². The Bertz CT molecular complexity index is 1410. The molecule has 3 aromatic rings. The molecule has 2 amide bonds. The number of aromatic nitrogens is 2. The average Bonchev–Trinajstić information content (AvgIpc) is 3.07. The summed E-state index contributed by atoms with van der Waals surface area (Å²) in [6, 6.07) is 8.94. The molecule has 0 bridgehead atoms. The highest BCUT2D eigenvalue weighted by molar-refractivity contribution is 6.09. The van der Waals surface area contributed by atoms with Crippen LogP contribution in [0.3, 0.4) is 0 Å². The lowest BCUT2D eigenvalue weighted by atomic mass is 9.91. The second-order valence-electron chi connectivity index (χ2n) is 7.18. The molecule has 0 radical (unpaired) electrons. The standard InChI is InChI=1S/C21H14F4N4O5/c1-34-13-8-6-12(7-9-13)29-15-14(17(31)27-19(29)33)20(18(32)26-15,21(23,24)25)28-16(30)10-2-4-11(22)5-3-10/h2-9H,1H3,(H,26,32)(H,28,30)(H,27,31,33). The molecule has 176 valence electrons. The van der Waals surface area contributed by atoms with E-state index in [1.54, 1.807) is 10.3 Å². The lowest BCUT2D eigenvalue weighted by molar-refractivity contribution is -0.196. The molecule has 9 nitrogen and oxygen atoms in total. The van der Waals surface area contributed by atoms with Gasteiger partial charge in [-0.25, -0.2) is 13.8 Å². The van der Waals surface area contributed by atoms with Crippen LogP contribution in [0.1, 0.15) is 15.9 Å². The van der Waals surface area contributed by atoms with Crippen LogP contribution in [0.15, 0.2) is 58.1 Å². The van der Waals surface area contributed by atoms with Crippen LogP contribution in [-0.2, 0) is 10.3 Å². The quantitative estimate of drug-likeness (QED) is 0.494. The number of hydrogen-bond acceptors (Lipinski definition) is 5. The van der Waals surface area contributed by atoms with Crippen molar-refractivity contribution in [2.45, 2.75) is 11.7 Å². The molecule has 34 heavy (non-hydrogen) atoms. The number of nitrogens with one attached hydrogen (secondary N) is 3. The minimum absolute atomic E-state index is 0.00133. The van der Waals surface area contributed by atoms with Crippen LogP contribution in [0.25, 0.3) is 5.69 Å². The number of carbonyl (C=O) groups is 2. The molecule has 0 saturated carbocycles. The third kappa shape index (κ3) is 3.41. The van der Waals surface area contributed by atoms with Gasteiger partial charge in [0.1, 0.15) is 22.9 Å². The Balaban J connectivity index is 1.94. The first-order chi connectivity index (χ1) is 16.0. The summed E-state index contributed by atoms with van der Waals surface area (Å²) >= 11 is 0. The molecule has 2 aromatic carbocycles. The lowest BCUT2D eigenvalue weighted by Gasteiger charge is -2.30. The van der Waals surface area contributed by atoms with Crippen molar-refractivity contribution in [3.63, 3.8) is 0 Å². The second-order valence-corrected chi connectivity index (χ2v) is 7.18. The minimum atomic E-state index is -5.51. The molecule has 1 unspecified atom stereocenters. The number of nitrogens with zero attached hydrogens (tertiary/aromatic N) is 1. The Morgan fingerprint density at radius 3 is 2.21 bits per heavy atom. The fourth-order valence-corrected chi connectivity index (χ4v) is 3.60. The average molecular weight is 478 g/mol. The molecule has 1 atom stereocenters. The number of hydrogen-bond donors (Lipinski definition) is 3.